The van der Waals surface area contributed by atoms with Gasteiger partial charge >= 0.3 is 0 Å². The van der Waals surface area contributed by atoms with Crippen molar-refractivity contribution in [2.45, 2.75) is 32.2 Å². The molecule has 0 amide bonds. The van der Waals surface area contributed by atoms with Crippen LogP contribution in [0.4, 0.5) is 0 Å². The molecular weight excluding hydrogens is 206 g/mol. The van der Waals surface area contributed by atoms with Gasteiger partial charge in [0, 0.05) is 24.5 Å². The topological polar surface area (TPSA) is 21.1 Å². The lowest BCUT2D eigenvalue weighted by atomic mass is 10.3. The Hall–Kier alpha value is -0.480. The van der Waals surface area contributed by atoms with E-state index in [0.29, 0.717) is 5.25 Å². The molecule has 0 bridgehead atoms. The summed E-state index contributed by atoms with van der Waals surface area (Å²) in [6.07, 6.45) is 4.37. The van der Waals surface area contributed by atoms with Crippen molar-refractivity contribution < 1.29 is 0 Å². The second-order valence-corrected chi connectivity index (χ2v) is 5.20. The molecule has 1 aromatic heterocycles. The number of rotatable bonds is 3. The SMILES string of the molecule is CCN1CCn2cc(C(C)SC)nc2C1. The highest BCUT2D eigenvalue weighted by Crippen LogP contribution is 2.25. The van der Waals surface area contributed by atoms with Crippen LogP contribution >= 0.6 is 11.8 Å². The highest BCUT2D eigenvalue weighted by Gasteiger charge is 2.18. The van der Waals surface area contributed by atoms with Crippen LogP contribution in [0, 0.1) is 0 Å². The van der Waals surface area contributed by atoms with Crippen molar-refractivity contribution in [3.8, 4) is 0 Å². The zero-order valence-electron chi connectivity index (χ0n) is 9.73. The molecule has 2 rings (SSSR count). The third-order valence-corrected chi connectivity index (χ3v) is 4.07. The van der Waals surface area contributed by atoms with Gasteiger partial charge in [-0.2, -0.15) is 11.8 Å². The summed E-state index contributed by atoms with van der Waals surface area (Å²) in [6, 6.07) is 0. The van der Waals surface area contributed by atoms with Gasteiger partial charge in [-0.3, -0.25) is 4.90 Å². The van der Waals surface area contributed by atoms with Crippen LogP contribution in [0.5, 0.6) is 0 Å². The Morgan fingerprint density at radius 2 is 2.33 bits per heavy atom. The molecule has 1 aliphatic heterocycles. The lowest BCUT2D eigenvalue weighted by Gasteiger charge is -2.25. The number of fused-ring (bicyclic) bond motifs is 1. The van der Waals surface area contributed by atoms with Crippen LogP contribution in [-0.2, 0) is 13.1 Å². The van der Waals surface area contributed by atoms with Gasteiger partial charge in [0.05, 0.1) is 12.2 Å². The van der Waals surface area contributed by atoms with Crippen molar-refractivity contribution in [3.05, 3.63) is 17.7 Å². The third-order valence-electron chi connectivity index (χ3n) is 3.12. The molecule has 0 N–H and O–H groups in total. The maximum absolute atomic E-state index is 4.72. The summed E-state index contributed by atoms with van der Waals surface area (Å²) in [5, 5.41) is 0.512. The molecule has 0 aromatic carbocycles. The smallest absolute Gasteiger partial charge is 0.123 e. The van der Waals surface area contributed by atoms with Gasteiger partial charge in [-0.15, -0.1) is 0 Å². The van der Waals surface area contributed by atoms with E-state index in [9.17, 15) is 0 Å². The summed E-state index contributed by atoms with van der Waals surface area (Å²) in [6.45, 7) is 8.82. The average molecular weight is 225 g/mol. The number of aromatic nitrogens is 2. The third kappa shape index (κ3) is 2.21. The maximum Gasteiger partial charge on any atom is 0.123 e. The van der Waals surface area contributed by atoms with Gasteiger partial charge in [0.1, 0.15) is 5.82 Å². The first-order valence-electron chi connectivity index (χ1n) is 5.55. The number of likely N-dealkylation sites (N-methyl/N-ethyl adjacent to an activating group) is 1. The minimum absolute atomic E-state index is 0.512. The molecule has 0 radical (unpaired) electrons. The van der Waals surface area contributed by atoms with E-state index >= 15 is 0 Å². The monoisotopic (exact) mass is 225 g/mol. The normalized spacial score (nSPS) is 18.9. The first-order valence-corrected chi connectivity index (χ1v) is 6.84. The molecule has 0 fully saturated rings. The van der Waals surface area contributed by atoms with Crippen LogP contribution in [0.1, 0.15) is 30.6 Å². The molecule has 0 spiro atoms. The Kier molecular flexibility index (Phi) is 3.36. The summed E-state index contributed by atoms with van der Waals surface area (Å²) < 4.78 is 2.31. The van der Waals surface area contributed by atoms with Gasteiger partial charge in [-0.05, 0) is 19.7 Å². The van der Waals surface area contributed by atoms with E-state index in [4.69, 9.17) is 4.98 Å². The van der Waals surface area contributed by atoms with E-state index in [2.05, 4.69) is 35.8 Å². The Morgan fingerprint density at radius 3 is 3.00 bits per heavy atom. The van der Waals surface area contributed by atoms with Crippen LogP contribution in [0.15, 0.2) is 6.20 Å². The Labute approximate surface area is 95.9 Å². The molecule has 0 aliphatic carbocycles. The Bertz CT molecular complexity index is 335. The molecule has 3 nitrogen and oxygen atoms in total. The van der Waals surface area contributed by atoms with E-state index in [1.807, 2.05) is 11.8 Å². The van der Waals surface area contributed by atoms with E-state index in [-0.39, 0.29) is 0 Å². The number of imidazole rings is 1. The van der Waals surface area contributed by atoms with E-state index in [1.54, 1.807) is 0 Å². The lowest BCUT2D eigenvalue weighted by molar-refractivity contribution is 0.228. The zero-order chi connectivity index (χ0) is 10.8. The molecule has 0 saturated heterocycles. The first-order chi connectivity index (χ1) is 7.24. The molecular formula is C11H19N3S. The summed E-state index contributed by atoms with van der Waals surface area (Å²) in [5.74, 6) is 1.24. The minimum atomic E-state index is 0.512. The fourth-order valence-electron chi connectivity index (χ4n) is 1.91. The highest BCUT2D eigenvalue weighted by atomic mass is 32.2. The standard InChI is InChI=1S/C11H19N3S/c1-4-13-5-6-14-7-10(9(2)15-3)12-11(14)8-13/h7,9H,4-6,8H2,1-3H3. The van der Waals surface area contributed by atoms with Gasteiger partial charge in [0.25, 0.3) is 0 Å². The number of nitrogens with zero attached hydrogens (tertiary/aromatic N) is 3. The van der Waals surface area contributed by atoms with Crippen molar-refractivity contribution in [2.24, 2.45) is 0 Å². The quantitative estimate of drug-likeness (QED) is 0.786. The number of hydrogen-bond acceptors (Lipinski definition) is 3. The first kappa shape index (κ1) is 11.0. The second-order valence-electron chi connectivity index (χ2n) is 4.02. The molecule has 84 valence electrons. The predicted octanol–water partition coefficient (Wildman–Crippen LogP) is 2.14. The number of hydrogen-bond donors (Lipinski definition) is 0. The van der Waals surface area contributed by atoms with Gasteiger partial charge in [-0.25, -0.2) is 4.98 Å². The molecule has 1 aliphatic rings. The summed E-state index contributed by atoms with van der Waals surface area (Å²) in [5.41, 5.74) is 1.23. The van der Waals surface area contributed by atoms with Gasteiger partial charge in [-0.1, -0.05) is 6.92 Å². The molecule has 15 heavy (non-hydrogen) atoms. The maximum atomic E-state index is 4.72. The van der Waals surface area contributed by atoms with Crippen LogP contribution in [0.2, 0.25) is 0 Å². The predicted molar refractivity (Wildman–Crippen MR) is 65.1 cm³/mol. The minimum Gasteiger partial charge on any atom is -0.332 e. The van der Waals surface area contributed by atoms with Crippen molar-refractivity contribution in [1.82, 2.24) is 14.5 Å². The van der Waals surface area contributed by atoms with Crippen molar-refractivity contribution in [1.29, 1.82) is 0 Å². The molecule has 2 heterocycles. The molecule has 1 atom stereocenters. The Balaban J connectivity index is 2.18. The van der Waals surface area contributed by atoms with Crippen LogP contribution < -0.4 is 0 Å². The van der Waals surface area contributed by atoms with Gasteiger partial charge in [0.2, 0.25) is 0 Å². The van der Waals surface area contributed by atoms with Crippen molar-refractivity contribution >= 4 is 11.8 Å². The van der Waals surface area contributed by atoms with Gasteiger partial charge in [0.15, 0.2) is 0 Å². The lowest BCUT2D eigenvalue weighted by Crippen LogP contribution is -2.33. The van der Waals surface area contributed by atoms with Crippen LogP contribution in [-0.4, -0.2) is 33.8 Å². The average Bonchev–Trinajstić information content (AvgIpc) is 2.70. The fourth-order valence-corrected chi connectivity index (χ4v) is 2.27. The zero-order valence-corrected chi connectivity index (χ0v) is 10.5. The van der Waals surface area contributed by atoms with E-state index in [0.717, 1.165) is 26.2 Å². The largest absolute Gasteiger partial charge is 0.332 e. The fraction of sp³-hybridized carbons (Fsp3) is 0.727. The summed E-state index contributed by atoms with van der Waals surface area (Å²) in [7, 11) is 0. The van der Waals surface area contributed by atoms with Crippen molar-refractivity contribution in [2.75, 3.05) is 19.3 Å². The van der Waals surface area contributed by atoms with Crippen LogP contribution in [0.25, 0.3) is 0 Å². The summed E-state index contributed by atoms with van der Waals surface area (Å²) >= 11 is 1.86. The second kappa shape index (κ2) is 4.58. The Morgan fingerprint density at radius 1 is 1.53 bits per heavy atom. The van der Waals surface area contributed by atoms with Gasteiger partial charge < -0.3 is 4.57 Å². The molecule has 1 aromatic rings. The van der Waals surface area contributed by atoms with E-state index < -0.39 is 0 Å². The van der Waals surface area contributed by atoms with E-state index in [1.165, 1.54) is 11.5 Å². The van der Waals surface area contributed by atoms with Crippen molar-refractivity contribution in [3.63, 3.8) is 0 Å². The summed E-state index contributed by atoms with van der Waals surface area (Å²) in [4.78, 5) is 7.16. The highest BCUT2D eigenvalue weighted by molar-refractivity contribution is 7.98. The van der Waals surface area contributed by atoms with Crippen LogP contribution in [0.3, 0.4) is 0 Å². The molecule has 1 unspecified atom stereocenters. The number of thioether (sulfide) groups is 1. The molecule has 4 heteroatoms. The molecule has 0 saturated carbocycles.